The van der Waals surface area contributed by atoms with Crippen molar-refractivity contribution in [2.45, 2.75) is 12.5 Å². The molecule has 1 saturated heterocycles. The van der Waals surface area contributed by atoms with Crippen molar-refractivity contribution in [1.82, 2.24) is 10.2 Å². The smallest absolute Gasteiger partial charge is 0.234 e. The molecule has 1 unspecified atom stereocenters. The van der Waals surface area contributed by atoms with E-state index >= 15 is 0 Å². The number of nitrogens with one attached hydrogen (secondary N) is 1. The lowest BCUT2D eigenvalue weighted by atomic mass is 10.1. The Morgan fingerprint density at radius 1 is 1.33 bits per heavy atom. The summed E-state index contributed by atoms with van der Waals surface area (Å²) in [5.41, 5.74) is 5.98. The topological polar surface area (TPSA) is 61.6 Å². The SMILES string of the molecule is CNC(CCN1CCN(c2ccccc2F)CC1)C(N)=O. The highest BCUT2D eigenvalue weighted by Crippen LogP contribution is 2.20. The van der Waals surface area contributed by atoms with Crippen molar-refractivity contribution in [3.8, 4) is 0 Å². The first-order valence-corrected chi connectivity index (χ1v) is 7.30. The molecule has 0 aliphatic carbocycles. The molecule has 6 heteroatoms. The highest BCUT2D eigenvalue weighted by Gasteiger charge is 2.20. The molecule has 116 valence electrons. The van der Waals surface area contributed by atoms with Crippen molar-refractivity contribution in [2.24, 2.45) is 5.73 Å². The predicted octanol–water partition coefficient (Wildman–Crippen LogP) is 0.411. The summed E-state index contributed by atoms with van der Waals surface area (Å²) in [6.07, 6.45) is 0.700. The van der Waals surface area contributed by atoms with Gasteiger partial charge in [-0.3, -0.25) is 9.69 Å². The Balaban J connectivity index is 1.81. The fourth-order valence-electron chi connectivity index (χ4n) is 2.66. The summed E-state index contributed by atoms with van der Waals surface area (Å²) >= 11 is 0. The zero-order valence-corrected chi connectivity index (χ0v) is 12.4. The van der Waals surface area contributed by atoms with Crippen LogP contribution in [-0.2, 0) is 4.79 Å². The van der Waals surface area contributed by atoms with Gasteiger partial charge in [-0.1, -0.05) is 12.1 Å². The summed E-state index contributed by atoms with van der Waals surface area (Å²) in [7, 11) is 1.74. The van der Waals surface area contributed by atoms with Crippen LogP contribution in [-0.4, -0.2) is 56.6 Å². The lowest BCUT2D eigenvalue weighted by Crippen LogP contribution is -2.49. The summed E-state index contributed by atoms with van der Waals surface area (Å²) in [6, 6.07) is 6.59. The van der Waals surface area contributed by atoms with E-state index in [0.717, 1.165) is 32.7 Å². The van der Waals surface area contributed by atoms with E-state index in [1.807, 2.05) is 12.1 Å². The van der Waals surface area contributed by atoms with Gasteiger partial charge < -0.3 is 16.0 Å². The van der Waals surface area contributed by atoms with Crippen LogP contribution in [0.25, 0.3) is 0 Å². The number of hydrogen-bond acceptors (Lipinski definition) is 4. The Labute approximate surface area is 124 Å². The highest BCUT2D eigenvalue weighted by molar-refractivity contribution is 5.79. The Morgan fingerprint density at radius 2 is 2.00 bits per heavy atom. The van der Waals surface area contributed by atoms with Crippen molar-refractivity contribution in [3.63, 3.8) is 0 Å². The van der Waals surface area contributed by atoms with Crippen LogP contribution in [0.15, 0.2) is 24.3 Å². The fraction of sp³-hybridized carbons (Fsp3) is 0.533. The monoisotopic (exact) mass is 294 g/mol. The van der Waals surface area contributed by atoms with Gasteiger partial charge in [-0.25, -0.2) is 4.39 Å². The molecule has 0 spiro atoms. The number of carbonyl (C=O) groups excluding carboxylic acids is 1. The highest BCUT2D eigenvalue weighted by atomic mass is 19.1. The molecule has 1 atom stereocenters. The Morgan fingerprint density at radius 3 is 2.57 bits per heavy atom. The van der Waals surface area contributed by atoms with Crippen LogP contribution in [0, 0.1) is 5.82 Å². The molecule has 1 aliphatic heterocycles. The number of anilines is 1. The average Bonchev–Trinajstić information content (AvgIpc) is 2.49. The number of piperazine rings is 1. The summed E-state index contributed by atoms with van der Waals surface area (Å²) < 4.78 is 13.7. The molecule has 0 saturated carbocycles. The Bertz CT molecular complexity index is 474. The molecule has 5 nitrogen and oxygen atoms in total. The molecular weight excluding hydrogens is 271 g/mol. The van der Waals surface area contributed by atoms with Crippen LogP contribution < -0.4 is 16.0 Å². The molecule has 1 aliphatic rings. The minimum absolute atomic E-state index is 0.171. The van der Waals surface area contributed by atoms with Gasteiger partial charge in [0.25, 0.3) is 0 Å². The van der Waals surface area contributed by atoms with Gasteiger partial charge in [0.2, 0.25) is 5.91 Å². The number of halogens is 1. The molecule has 1 aromatic rings. The minimum Gasteiger partial charge on any atom is -0.368 e. The number of para-hydroxylation sites is 1. The van der Waals surface area contributed by atoms with Crippen LogP contribution in [0.5, 0.6) is 0 Å². The lowest BCUT2D eigenvalue weighted by molar-refractivity contribution is -0.120. The second-order valence-electron chi connectivity index (χ2n) is 5.31. The Kier molecular flexibility index (Phi) is 5.52. The number of nitrogens with two attached hydrogens (primary N) is 1. The maximum atomic E-state index is 13.7. The minimum atomic E-state index is -0.317. The number of primary amides is 1. The van der Waals surface area contributed by atoms with Crippen LogP contribution in [0.2, 0.25) is 0 Å². The van der Waals surface area contributed by atoms with Crippen LogP contribution in [0.3, 0.4) is 0 Å². The van der Waals surface area contributed by atoms with Crippen molar-refractivity contribution in [1.29, 1.82) is 0 Å². The van der Waals surface area contributed by atoms with Crippen LogP contribution in [0.4, 0.5) is 10.1 Å². The third kappa shape index (κ3) is 4.15. The van der Waals surface area contributed by atoms with Crippen molar-refractivity contribution in [3.05, 3.63) is 30.1 Å². The van der Waals surface area contributed by atoms with E-state index in [-0.39, 0.29) is 17.8 Å². The van der Waals surface area contributed by atoms with Gasteiger partial charge in [0.15, 0.2) is 0 Å². The molecule has 3 N–H and O–H groups in total. The first-order valence-electron chi connectivity index (χ1n) is 7.30. The van der Waals surface area contributed by atoms with E-state index in [9.17, 15) is 9.18 Å². The number of likely N-dealkylation sites (N-methyl/N-ethyl adjacent to an activating group) is 1. The molecule has 2 rings (SSSR count). The third-order valence-corrected chi connectivity index (χ3v) is 3.99. The maximum Gasteiger partial charge on any atom is 0.234 e. The van der Waals surface area contributed by atoms with Gasteiger partial charge in [0.05, 0.1) is 11.7 Å². The average molecular weight is 294 g/mol. The molecule has 0 radical (unpaired) electrons. The predicted molar refractivity (Wildman–Crippen MR) is 81.7 cm³/mol. The zero-order valence-electron chi connectivity index (χ0n) is 12.4. The fourth-order valence-corrected chi connectivity index (χ4v) is 2.66. The summed E-state index contributed by atoms with van der Waals surface area (Å²) in [4.78, 5) is 15.5. The molecule has 0 aromatic heterocycles. The standard InChI is InChI=1S/C15H23FN4O/c1-18-13(15(17)21)6-7-19-8-10-20(11-9-19)14-5-3-2-4-12(14)16/h2-5,13,18H,6-11H2,1H3,(H2,17,21). The molecule has 1 heterocycles. The van der Waals surface area contributed by atoms with Gasteiger partial charge in [-0.15, -0.1) is 0 Å². The molecule has 1 aromatic carbocycles. The van der Waals surface area contributed by atoms with Crippen molar-refractivity contribution >= 4 is 11.6 Å². The number of nitrogens with zero attached hydrogens (tertiary/aromatic N) is 2. The second kappa shape index (κ2) is 7.38. The van der Waals surface area contributed by atoms with E-state index in [4.69, 9.17) is 5.73 Å². The number of rotatable bonds is 6. The third-order valence-electron chi connectivity index (χ3n) is 3.99. The number of benzene rings is 1. The number of hydrogen-bond donors (Lipinski definition) is 2. The van der Waals surface area contributed by atoms with Gasteiger partial charge in [0.1, 0.15) is 5.82 Å². The number of carbonyl (C=O) groups is 1. The van der Waals surface area contributed by atoms with Gasteiger partial charge in [-0.2, -0.15) is 0 Å². The quantitative estimate of drug-likeness (QED) is 0.798. The van der Waals surface area contributed by atoms with Crippen LogP contribution in [0.1, 0.15) is 6.42 Å². The Hall–Kier alpha value is -1.66. The first kappa shape index (κ1) is 15.7. The van der Waals surface area contributed by atoms with E-state index in [2.05, 4.69) is 15.1 Å². The van der Waals surface area contributed by atoms with E-state index in [0.29, 0.717) is 12.1 Å². The molecule has 1 amide bonds. The molecule has 21 heavy (non-hydrogen) atoms. The van der Waals surface area contributed by atoms with E-state index in [1.165, 1.54) is 6.07 Å². The largest absolute Gasteiger partial charge is 0.368 e. The maximum absolute atomic E-state index is 13.7. The molecular formula is C15H23FN4O. The summed E-state index contributed by atoms with van der Waals surface area (Å²) in [5.74, 6) is -0.489. The number of amides is 1. The zero-order chi connectivity index (χ0) is 15.2. The van der Waals surface area contributed by atoms with Gasteiger partial charge >= 0.3 is 0 Å². The molecule has 0 bridgehead atoms. The van der Waals surface area contributed by atoms with E-state index < -0.39 is 0 Å². The van der Waals surface area contributed by atoms with Gasteiger partial charge in [0, 0.05) is 32.7 Å². The van der Waals surface area contributed by atoms with Crippen molar-refractivity contribution in [2.75, 3.05) is 44.7 Å². The second-order valence-corrected chi connectivity index (χ2v) is 5.31. The summed E-state index contributed by atoms with van der Waals surface area (Å²) in [6.45, 7) is 4.13. The van der Waals surface area contributed by atoms with E-state index in [1.54, 1.807) is 13.1 Å². The normalized spacial score (nSPS) is 17.7. The molecule has 1 fully saturated rings. The van der Waals surface area contributed by atoms with Gasteiger partial charge in [-0.05, 0) is 25.6 Å². The lowest BCUT2D eigenvalue weighted by Gasteiger charge is -2.36. The van der Waals surface area contributed by atoms with Crippen molar-refractivity contribution < 1.29 is 9.18 Å². The van der Waals surface area contributed by atoms with Crippen LogP contribution >= 0.6 is 0 Å². The summed E-state index contributed by atoms with van der Waals surface area (Å²) in [5, 5.41) is 2.92. The first-order chi connectivity index (χ1) is 10.1.